The quantitative estimate of drug-likeness (QED) is 0.745. The molecule has 1 aromatic heterocycles. The molecule has 1 aromatic carbocycles. The van der Waals surface area contributed by atoms with Crippen LogP contribution in [0, 0.1) is 0 Å². The third kappa shape index (κ3) is 1.68. The van der Waals surface area contributed by atoms with Crippen molar-refractivity contribution in [3.05, 3.63) is 36.1 Å². The first-order valence-electron chi connectivity index (χ1n) is 7.08. The van der Waals surface area contributed by atoms with E-state index in [1.165, 1.54) is 6.42 Å². The van der Waals surface area contributed by atoms with E-state index in [0.29, 0.717) is 11.7 Å². The van der Waals surface area contributed by atoms with Crippen molar-refractivity contribution < 1.29 is 13.9 Å². The second kappa shape index (κ2) is 4.20. The average Bonchev–Trinajstić information content (AvgIpc) is 3.03. The number of carbonyl (C=O) groups is 1. The van der Waals surface area contributed by atoms with Crippen LogP contribution in [0.1, 0.15) is 37.9 Å². The van der Waals surface area contributed by atoms with Gasteiger partial charge in [0, 0.05) is 5.39 Å². The number of nitrogens with zero attached hydrogens (tertiary/aromatic N) is 1. The van der Waals surface area contributed by atoms with Crippen LogP contribution in [0.15, 0.2) is 39.7 Å². The van der Waals surface area contributed by atoms with E-state index in [2.05, 4.69) is 4.99 Å². The number of esters is 1. The first-order chi connectivity index (χ1) is 9.77. The van der Waals surface area contributed by atoms with Crippen molar-refractivity contribution in [3.63, 3.8) is 0 Å². The van der Waals surface area contributed by atoms with E-state index in [1.807, 2.05) is 30.3 Å². The number of hydrogen-bond donors (Lipinski definition) is 0. The van der Waals surface area contributed by atoms with Gasteiger partial charge in [0.15, 0.2) is 11.3 Å². The van der Waals surface area contributed by atoms with Gasteiger partial charge in [0.25, 0.3) is 5.90 Å². The van der Waals surface area contributed by atoms with Gasteiger partial charge >= 0.3 is 5.97 Å². The number of benzene rings is 1. The molecule has 1 spiro atoms. The molecule has 20 heavy (non-hydrogen) atoms. The Kier molecular flexibility index (Phi) is 2.46. The molecule has 4 nitrogen and oxygen atoms in total. The summed E-state index contributed by atoms with van der Waals surface area (Å²) in [6.45, 7) is 0. The fourth-order valence-corrected chi connectivity index (χ4v) is 3.09. The highest BCUT2D eigenvalue weighted by molar-refractivity contribution is 6.08. The van der Waals surface area contributed by atoms with Crippen molar-refractivity contribution in [1.82, 2.24) is 0 Å². The molecule has 2 aromatic rings. The van der Waals surface area contributed by atoms with E-state index in [4.69, 9.17) is 9.15 Å². The summed E-state index contributed by atoms with van der Waals surface area (Å²) in [4.78, 5) is 16.7. The summed E-state index contributed by atoms with van der Waals surface area (Å²) < 4.78 is 11.1. The van der Waals surface area contributed by atoms with Crippen LogP contribution in [0.5, 0.6) is 0 Å². The van der Waals surface area contributed by atoms with Gasteiger partial charge < -0.3 is 9.15 Å². The van der Waals surface area contributed by atoms with E-state index in [9.17, 15) is 4.79 Å². The fraction of sp³-hybridized carbons (Fsp3) is 0.375. The third-order valence-electron chi connectivity index (χ3n) is 4.20. The highest BCUT2D eigenvalue weighted by Gasteiger charge is 2.47. The van der Waals surface area contributed by atoms with Crippen LogP contribution in [0.3, 0.4) is 0 Å². The number of hydrogen-bond acceptors (Lipinski definition) is 4. The first-order valence-corrected chi connectivity index (χ1v) is 7.08. The number of rotatable bonds is 1. The Morgan fingerprint density at radius 1 is 1.10 bits per heavy atom. The van der Waals surface area contributed by atoms with Crippen molar-refractivity contribution in [3.8, 4) is 0 Å². The van der Waals surface area contributed by atoms with E-state index in [0.717, 1.165) is 36.7 Å². The molecule has 1 aliphatic heterocycles. The van der Waals surface area contributed by atoms with Crippen LogP contribution in [0.4, 0.5) is 0 Å². The number of cyclic esters (lactones) is 1. The van der Waals surface area contributed by atoms with Crippen LogP contribution in [-0.4, -0.2) is 17.4 Å². The molecule has 0 amide bonds. The van der Waals surface area contributed by atoms with Gasteiger partial charge in [0.05, 0.1) is 0 Å². The van der Waals surface area contributed by atoms with Gasteiger partial charge in [-0.3, -0.25) is 0 Å². The Hall–Kier alpha value is -2.10. The van der Waals surface area contributed by atoms with Crippen molar-refractivity contribution in [2.75, 3.05) is 0 Å². The van der Waals surface area contributed by atoms with Gasteiger partial charge in [-0.2, -0.15) is 0 Å². The van der Waals surface area contributed by atoms with E-state index in [-0.39, 0.29) is 5.97 Å². The van der Waals surface area contributed by atoms with Gasteiger partial charge in [-0.25, -0.2) is 9.79 Å². The largest absolute Gasteiger partial charge is 0.451 e. The number of carbonyl (C=O) groups excluding carboxylic acids is 1. The van der Waals surface area contributed by atoms with Crippen LogP contribution in [0.25, 0.3) is 11.0 Å². The lowest BCUT2D eigenvalue weighted by atomic mass is 9.83. The van der Waals surface area contributed by atoms with Gasteiger partial charge in [-0.15, -0.1) is 0 Å². The van der Waals surface area contributed by atoms with Crippen LogP contribution < -0.4 is 0 Å². The summed E-state index contributed by atoms with van der Waals surface area (Å²) in [7, 11) is 0. The molecular formula is C16H15NO3. The van der Waals surface area contributed by atoms with Crippen LogP contribution >= 0.6 is 0 Å². The minimum absolute atomic E-state index is 0.215. The molecule has 1 fully saturated rings. The van der Waals surface area contributed by atoms with E-state index >= 15 is 0 Å². The highest BCUT2D eigenvalue weighted by atomic mass is 16.6. The van der Waals surface area contributed by atoms with Crippen molar-refractivity contribution >= 4 is 22.8 Å². The second-order valence-electron chi connectivity index (χ2n) is 5.55. The lowest BCUT2D eigenvalue weighted by Gasteiger charge is -2.25. The average molecular weight is 269 g/mol. The number of ether oxygens (including phenoxy) is 1. The third-order valence-corrected chi connectivity index (χ3v) is 4.20. The second-order valence-corrected chi connectivity index (χ2v) is 5.55. The summed E-state index contributed by atoms with van der Waals surface area (Å²) in [5.41, 5.74) is 0.137. The molecule has 1 saturated carbocycles. The molecule has 0 saturated heterocycles. The molecule has 102 valence electrons. The maximum atomic E-state index is 12.2. The minimum Gasteiger partial charge on any atom is -0.451 e. The monoisotopic (exact) mass is 269 g/mol. The van der Waals surface area contributed by atoms with Crippen molar-refractivity contribution in [1.29, 1.82) is 0 Å². The molecule has 0 N–H and O–H groups in total. The topological polar surface area (TPSA) is 51.8 Å². The normalized spacial score (nSPS) is 21.2. The molecule has 0 radical (unpaired) electrons. The standard InChI is InChI=1S/C16H15NO3/c18-15-16(8-4-1-5-9-16)17-14(20-15)13-10-11-6-2-3-7-12(11)19-13/h2-3,6-7,10H,1,4-5,8-9H2. The molecule has 0 atom stereocenters. The zero-order chi connectivity index (χ0) is 13.6. The Bertz CT molecular complexity index is 674. The minimum atomic E-state index is -0.646. The first kappa shape index (κ1) is 11.7. The number of aliphatic imine (C=N–C) groups is 1. The smallest absolute Gasteiger partial charge is 0.341 e. The van der Waals surface area contributed by atoms with Gasteiger partial charge in [0.2, 0.25) is 0 Å². The maximum Gasteiger partial charge on any atom is 0.341 e. The van der Waals surface area contributed by atoms with E-state index in [1.54, 1.807) is 0 Å². The van der Waals surface area contributed by atoms with Gasteiger partial charge in [-0.05, 0) is 25.0 Å². The lowest BCUT2D eigenvalue weighted by molar-refractivity contribution is -0.140. The summed E-state index contributed by atoms with van der Waals surface area (Å²) in [6.07, 6.45) is 4.81. The Balaban J connectivity index is 1.75. The Morgan fingerprint density at radius 2 is 1.90 bits per heavy atom. The predicted molar refractivity (Wildman–Crippen MR) is 74.7 cm³/mol. The van der Waals surface area contributed by atoms with Crippen LogP contribution in [0.2, 0.25) is 0 Å². The van der Waals surface area contributed by atoms with E-state index < -0.39 is 5.54 Å². The summed E-state index contributed by atoms with van der Waals surface area (Å²) in [6, 6.07) is 9.61. The fourth-order valence-electron chi connectivity index (χ4n) is 3.09. The molecule has 4 heteroatoms. The maximum absolute atomic E-state index is 12.2. The number of furan rings is 1. The van der Waals surface area contributed by atoms with Crippen molar-refractivity contribution in [2.24, 2.45) is 4.99 Å². The molecule has 0 unspecified atom stereocenters. The molecular weight excluding hydrogens is 254 g/mol. The van der Waals surface area contributed by atoms with Crippen LogP contribution in [-0.2, 0) is 9.53 Å². The number of para-hydroxylation sites is 1. The molecule has 2 aliphatic rings. The SMILES string of the molecule is O=C1OC(c2cc3ccccc3o2)=NC12CCCCC2. The predicted octanol–water partition coefficient (Wildman–Crippen LogP) is 3.44. The molecule has 0 bridgehead atoms. The summed E-state index contributed by atoms with van der Waals surface area (Å²) in [5.74, 6) is 0.669. The summed E-state index contributed by atoms with van der Waals surface area (Å²) in [5, 5.41) is 0.992. The van der Waals surface area contributed by atoms with Crippen molar-refractivity contribution in [2.45, 2.75) is 37.6 Å². The zero-order valence-electron chi connectivity index (χ0n) is 11.1. The lowest BCUT2D eigenvalue weighted by Crippen LogP contribution is -2.35. The zero-order valence-corrected chi connectivity index (χ0v) is 11.1. The Labute approximate surface area is 116 Å². The molecule has 1 aliphatic carbocycles. The summed E-state index contributed by atoms with van der Waals surface area (Å²) >= 11 is 0. The molecule has 2 heterocycles. The molecule has 4 rings (SSSR count). The number of fused-ring (bicyclic) bond motifs is 1. The van der Waals surface area contributed by atoms with Gasteiger partial charge in [0.1, 0.15) is 5.58 Å². The highest BCUT2D eigenvalue weighted by Crippen LogP contribution is 2.37. The van der Waals surface area contributed by atoms with Gasteiger partial charge in [-0.1, -0.05) is 37.5 Å². The Morgan fingerprint density at radius 3 is 2.70 bits per heavy atom.